The number of rotatable bonds is 5. The second kappa shape index (κ2) is 7.68. The van der Waals surface area contributed by atoms with Crippen molar-refractivity contribution in [2.75, 3.05) is 0 Å². The summed E-state index contributed by atoms with van der Waals surface area (Å²) in [7, 11) is 0. The van der Waals surface area contributed by atoms with Gasteiger partial charge in [-0.25, -0.2) is 5.01 Å². The second-order valence-electron chi connectivity index (χ2n) is 7.01. The number of amides is 1. The fourth-order valence-electron chi connectivity index (χ4n) is 3.36. The summed E-state index contributed by atoms with van der Waals surface area (Å²) in [6, 6.07) is 15.3. The van der Waals surface area contributed by atoms with Crippen molar-refractivity contribution in [2.24, 2.45) is 5.10 Å². The van der Waals surface area contributed by atoms with Crippen molar-refractivity contribution < 1.29 is 9.21 Å². The topological polar surface area (TPSA) is 89.4 Å². The lowest BCUT2D eigenvalue weighted by atomic mass is 10.1. The number of aryl methyl sites for hydroxylation is 1. The van der Waals surface area contributed by atoms with Crippen LogP contribution in [-0.4, -0.2) is 36.8 Å². The molecule has 4 aromatic rings. The Hall–Kier alpha value is -3.59. The molecule has 0 saturated heterocycles. The van der Waals surface area contributed by atoms with E-state index in [2.05, 4.69) is 20.5 Å². The van der Waals surface area contributed by atoms with Crippen molar-refractivity contribution in [3.63, 3.8) is 0 Å². The molecular weight excluding hydrogens is 400 g/mol. The van der Waals surface area contributed by atoms with Gasteiger partial charge in [-0.2, -0.15) is 9.90 Å². The molecule has 1 aliphatic heterocycles. The summed E-state index contributed by atoms with van der Waals surface area (Å²) in [6.45, 7) is 1.97. The van der Waals surface area contributed by atoms with E-state index in [1.165, 1.54) is 9.81 Å². The highest BCUT2D eigenvalue weighted by atomic mass is 32.1. The lowest BCUT2D eigenvalue weighted by molar-refractivity contribution is -0.134. The van der Waals surface area contributed by atoms with Crippen LogP contribution in [0.25, 0.3) is 11.4 Å². The Morgan fingerprint density at radius 1 is 1.20 bits per heavy atom. The number of furan rings is 1. The van der Waals surface area contributed by atoms with Crippen LogP contribution in [0.15, 0.2) is 69.7 Å². The monoisotopic (exact) mass is 418 g/mol. The maximum atomic E-state index is 13.1. The van der Waals surface area contributed by atoms with Gasteiger partial charge in [0.1, 0.15) is 18.0 Å². The van der Waals surface area contributed by atoms with Crippen molar-refractivity contribution in [2.45, 2.75) is 25.9 Å². The Morgan fingerprint density at radius 2 is 2.07 bits per heavy atom. The number of carbonyl (C=O) groups is 1. The average Bonchev–Trinajstić information content (AvgIpc) is 3.55. The first-order valence-electron chi connectivity index (χ1n) is 9.49. The molecule has 0 saturated carbocycles. The summed E-state index contributed by atoms with van der Waals surface area (Å²) in [5.74, 6) is 0.953. The van der Waals surface area contributed by atoms with Crippen LogP contribution in [0.1, 0.15) is 28.7 Å². The molecule has 1 aromatic carbocycles. The van der Waals surface area contributed by atoms with Gasteiger partial charge < -0.3 is 4.42 Å². The van der Waals surface area contributed by atoms with Crippen LogP contribution in [0.2, 0.25) is 0 Å². The number of hydrogen-bond donors (Lipinski definition) is 0. The average molecular weight is 418 g/mol. The van der Waals surface area contributed by atoms with Crippen molar-refractivity contribution in [1.29, 1.82) is 0 Å². The normalized spacial score (nSPS) is 16.1. The van der Waals surface area contributed by atoms with Crippen LogP contribution in [0.3, 0.4) is 0 Å². The summed E-state index contributed by atoms with van der Waals surface area (Å²) in [5.41, 5.74) is 2.76. The van der Waals surface area contributed by atoms with Gasteiger partial charge in [0, 0.05) is 16.9 Å². The van der Waals surface area contributed by atoms with E-state index >= 15 is 0 Å². The molecule has 0 radical (unpaired) electrons. The molecule has 1 atom stereocenters. The first-order chi connectivity index (χ1) is 14.7. The Balaban J connectivity index is 1.38. The van der Waals surface area contributed by atoms with Crippen LogP contribution in [0.4, 0.5) is 0 Å². The molecule has 0 aliphatic carbocycles. The number of nitrogens with zero attached hydrogens (tertiary/aromatic N) is 6. The van der Waals surface area contributed by atoms with Gasteiger partial charge in [-0.15, -0.1) is 21.5 Å². The van der Waals surface area contributed by atoms with E-state index in [0.29, 0.717) is 18.0 Å². The summed E-state index contributed by atoms with van der Waals surface area (Å²) in [6.07, 6.45) is 2.20. The van der Waals surface area contributed by atoms with Crippen LogP contribution in [-0.2, 0) is 11.3 Å². The van der Waals surface area contributed by atoms with E-state index in [0.717, 1.165) is 21.7 Å². The van der Waals surface area contributed by atoms with Crippen molar-refractivity contribution in [1.82, 2.24) is 25.2 Å². The fraction of sp³-hybridized carbons (Fsp3) is 0.190. The van der Waals surface area contributed by atoms with E-state index in [1.54, 1.807) is 17.6 Å². The number of aromatic nitrogens is 4. The van der Waals surface area contributed by atoms with Crippen LogP contribution in [0.5, 0.6) is 0 Å². The third-order valence-corrected chi connectivity index (χ3v) is 5.86. The summed E-state index contributed by atoms with van der Waals surface area (Å²) in [4.78, 5) is 15.5. The molecule has 5 rings (SSSR count). The van der Waals surface area contributed by atoms with Gasteiger partial charge in [0.15, 0.2) is 0 Å². The molecule has 8 nitrogen and oxygen atoms in total. The number of tetrazole rings is 1. The standard InChI is InChI=1S/C21H18N6O2S/c1-14-6-8-15(9-7-14)21-22-25-26(24-21)13-20(28)27-17(19-5-3-11-30-19)12-16(23-27)18-4-2-10-29-18/h2-11,17H,12-13H2,1H3. The van der Waals surface area contributed by atoms with E-state index < -0.39 is 0 Å². The molecule has 4 heterocycles. The van der Waals surface area contributed by atoms with Crippen molar-refractivity contribution in [3.05, 3.63) is 76.4 Å². The Morgan fingerprint density at radius 3 is 2.80 bits per heavy atom. The van der Waals surface area contributed by atoms with E-state index in [1.807, 2.05) is 60.8 Å². The lowest BCUT2D eigenvalue weighted by Crippen LogP contribution is -2.30. The maximum Gasteiger partial charge on any atom is 0.266 e. The summed E-state index contributed by atoms with van der Waals surface area (Å²) in [5, 5.41) is 20.6. The number of thiophene rings is 1. The molecule has 9 heteroatoms. The molecule has 0 spiro atoms. The molecule has 0 bridgehead atoms. The van der Waals surface area contributed by atoms with E-state index in [9.17, 15) is 4.79 Å². The Kier molecular flexibility index (Phi) is 4.72. The van der Waals surface area contributed by atoms with Gasteiger partial charge in [-0.05, 0) is 35.7 Å². The molecule has 3 aromatic heterocycles. The quantitative estimate of drug-likeness (QED) is 0.493. The van der Waals surface area contributed by atoms with Gasteiger partial charge in [0.2, 0.25) is 5.82 Å². The van der Waals surface area contributed by atoms with Gasteiger partial charge in [0.05, 0.1) is 12.3 Å². The van der Waals surface area contributed by atoms with Gasteiger partial charge in [-0.1, -0.05) is 35.9 Å². The zero-order valence-electron chi connectivity index (χ0n) is 16.2. The Labute approximate surface area is 176 Å². The zero-order valence-corrected chi connectivity index (χ0v) is 17.0. The minimum Gasteiger partial charge on any atom is -0.463 e. The number of carbonyl (C=O) groups excluding carboxylic acids is 1. The zero-order chi connectivity index (χ0) is 20.5. The predicted octanol–water partition coefficient (Wildman–Crippen LogP) is 3.68. The summed E-state index contributed by atoms with van der Waals surface area (Å²) >= 11 is 1.60. The molecule has 150 valence electrons. The lowest BCUT2D eigenvalue weighted by Gasteiger charge is -2.20. The third kappa shape index (κ3) is 3.55. The highest BCUT2D eigenvalue weighted by Gasteiger charge is 2.35. The second-order valence-corrected chi connectivity index (χ2v) is 7.99. The van der Waals surface area contributed by atoms with Gasteiger partial charge in [-0.3, -0.25) is 4.79 Å². The molecule has 1 unspecified atom stereocenters. The first kappa shape index (κ1) is 18.4. The molecule has 1 aliphatic rings. The van der Waals surface area contributed by atoms with E-state index in [4.69, 9.17) is 4.42 Å². The fourth-order valence-corrected chi connectivity index (χ4v) is 4.17. The molecule has 0 N–H and O–H groups in total. The van der Waals surface area contributed by atoms with Crippen LogP contribution >= 0.6 is 11.3 Å². The Bertz CT molecular complexity index is 1180. The predicted molar refractivity (Wildman–Crippen MR) is 112 cm³/mol. The van der Waals surface area contributed by atoms with Crippen LogP contribution in [0, 0.1) is 6.92 Å². The maximum absolute atomic E-state index is 13.1. The van der Waals surface area contributed by atoms with Crippen molar-refractivity contribution >= 4 is 23.0 Å². The first-order valence-corrected chi connectivity index (χ1v) is 10.4. The van der Waals surface area contributed by atoms with Crippen LogP contribution < -0.4 is 0 Å². The SMILES string of the molecule is Cc1ccc(-c2nnn(CC(=O)N3N=C(c4ccco4)CC3c3cccs3)n2)cc1. The largest absolute Gasteiger partial charge is 0.463 e. The third-order valence-electron chi connectivity index (χ3n) is 4.88. The molecular formula is C21H18N6O2S. The minimum absolute atomic E-state index is 0.0460. The highest BCUT2D eigenvalue weighted by Crippen LogP contribution is 2.35. The minimum atomic E-state index is -0.206. The summed E-state index contributed by atoms with van der Waals surface area (Å²) < 4.78 is 5.48. The number of hydrazone groups is 1. The molecule has 1 amide bonds. The molecule has 30 heavy (non-hydrogen) atoms. The molecule has 0 fully saturated rings. The van der Waals surface area contributed by atoms with Gasteiger partial charge in [0.25, 0.3) is 5.91 Å². The number of hydrogen-bond acceptors (Lipinski definition) is 7. The van der Waals surface area contributed by atoms with Crippen molar-refractivity contribution in [3.8, 4) is 11.4 Å². The smallest absolute Gasteiger partial charge is 0.266 e. The van der Waals surface area contributed by atoms with Gasteiger partial charge >= 0.3 is 0 Å². The van der Waals surface area contributed by atoms with E-state index in [-0.39, 0.29) is 18.5 Å². The number of benzene rings is 1. The highest BCUT2D eigenvalue weighted by molar-refractivity contribution is 7.10.